The van der Waals surface area contributed by atoms with Crippen molar-refractivity contribution in [2.45, 2.75) is 6.92 Å². The minimum Gasteiger partial charge on any atom is -0.463 e. The van der Waals surface area contributed by atoms with Gasteiger partial charge in [0.1, 0.15) is 0 Å². The summed E-state index contributed by atoms with van der Waals surface area (Å²) in [5, 5.41) is 0. The molecule has 0 atom stereocenters. The summed E-state index contributed by atoms with van der Waals surface area (Å²) in [5.74, 6) is -1.13. The second-order valence-corrected chi connectivity index (χ2v) is 2.66. The fraction of sp³-hybridized carbons (Fsp3) is 0.273. The highest BCUT2D eigenvalue weighted by Crippen LogP contribution is 1.99. The Morgan fingerprint density at radius 3 is 2.73 bits per heavy atom. The van der Waals surface area contributed by atoms with Crippen LogP contribution in [0.2, 0.25) is 0 Å². The predicted octanol–water partition coefficient (Wildman–Crippen LogP) is 1.21. The summed E-state index contributed by atoms with van der Waals surface area (Å²) in [7, 11) is 0. The Labute approximate surface area is 87.8 Å². The number of hydrogen-bond acceptors (Lipinski definition) is 4. The molecular weight excluding hydrogens is 196 g/mol. The predicted molar refractivity (Wildman–Crippen MR) is 52.2 cm³/mol. The fourth-order valence-corrected chi connectivity index (χ4v) is 0.925. The highest BCUT2D eigenvalue weighted by Gasteiger charge is 2.09. The van der Waals surface area contributed by atoms with Gasteiger partial charge in [0.25, 0.3) is 0 Å². The van der Waals surface area contributed by atoms with Crippen LogP contribution < -0.4 is 0 Å². The van der Waals surface area contributed by atoms with Gasteiger partial charge < -0.3 is 9.47 Å². The van der Waals surface area contributed by atoms with Crippen molar-refractivity contribution in [2.24, 2.45) is 0 Å². The van der Waals surface area contributed by atoms with Crippen LogP contribution in [0.1, 0.15) is 17.3 Å². The number of carbonyl (C=O) groups is 2. The number of benzene rings is 1. The first-order valence-corrected chi connectivity index (χ1v) is 4.53. The highest BCUT2D eigenvalue weighted by molar-refractivity contribution is 5.90. The Bertz CT molecular complexity index is 332. The van der Waals surface area contributed by atoms with Crippen LogP contribution in [-0.2, 0) is 14.3 Å². The van der Waals surface area contributed by atoms with Gasteiger partial charge >= 0.3 is 11.9 Å². The van der Waals surface area contributed by atoms with Gasteiger partial charge in [-0.2, -0.15) is 0 Å². The van der Waals surface area contributed by atoms with Crippen LogP contribution in [0.4, 0.5) is 0 Å². The molecule has 1 aromatic rings. The standard InChI is InChI=1S/C11H11O4/c1-2-14-10(12)8-15-11(13)9-6-4-3-5-7-9/h3-6H,2,8H2,1H3. The molecular formula is C11H11O4. The van der Waals surface area contributed by atoms with Crippen molar-refractivity contribution in [3.63, 3.8) is 0 Å². The summed E-state index contributed by atoms with van der Waals surface area (Å²) in [6.45, 7) is 1.59. The molecule has 0 bridgehead atoms. The molecule has 0 aliphatic rings. The van der Waals surface area contributed by atoms with E-state index in [0.29, 0.717) is 5.56 Å². The van der Waals surface area contributed by atoms with Crippen LogP contribution in [0, 0.1) is 6.07 Å². The SMILES string of the molecule is CCOC(=O)COC(=O)c1[c]cccc1. The van der Waals surface area contributed by atoms with E-state index in [1.807, 2.05) is 0 Å². The molecule has 1 rings (SSSR count). The molecule has 0 N–H and O–H groups in total. The van der Waals surface area contributed by atoms with Gasteiger partial charge in [-0.3, -0.25) is 0 Å². The summed E-state index contributed by atoms with van der Waals surface area (Å²) >= 11 is 0. The Morgan fingerprint density at radius 2 is 2.13 bits per heavy atom. The molecule has 0 aromatic heterocycles. The summed E-state index contributed by atoms with van der Waals surface area (Å²) in [6.07, 6.45) is 0. The van der Waals surface area contributed by atoms with Gasteiger partial charge in [0, 0.05) is 0 Å². The molecule has 0 aliphatic heterocycles. The lowest BCUT2D eigenvalue weighted by atomic mass is 10.2. The maximum Gasteiger partial charge on any atom is 0.344 e. The zero-order valence-electron chi connectivity index (χ0n) is 8.36. The second-order valence-electron chi connectivity index (χ2n) is 2.66. The molecule has 0 aliphatic carbocycles. The van der Waals surface area contributed by atoms with Crippen molar-refractivity contribution < 1.29 is 19.1 Å². The molecule has 1 aromatic carbocycles. The third-order valence-corrected chi connectivity index (χ3v) is 1.56. The fourth-order valence-electron chi connectivity index (χ4n) is 0.925. The third-order valence-electron chi connectivity index (χ3n) is 1.56. The Morgan fingerprint density at radius 1 is 1.33 bits per heavy atom. The zero-order chi connectivity index (χ0) is 11.1. The number of hydrogen-bond donors (Lipinski definition) is 0. The molecule has 0 unspecified atom stereocenters. The van der Waals surface area contributed by atoms with Crippen LogP contribution in [0.5, 0.6) is 0 Å². The number of carbonyl (C=O) groups excluding carboxylic acids is 2. The van der Waals surface area contributed by atoms with E-state index in [2.05, 4.69) is 10.8 Å². The maximum absolute atomic E-state index is 11.3. The molecule has 0 saturated carbocycles. The molecule has 4 nitrogen and oxygen atoms in total. The Kier molecular flexibility index (Phi) is 4.34. The molecule has 79 valence electrons. The summed E-state index contributed by atoms with van der Waals surface area (Å²) in [5.41, 5.74) is 0.293. The van der Waals surface area contributed by atoms with Gasteiger partial charge in [-0.25, -0.2) is 9.59 Å². The first kappa shape index (κ1) is 11.2. The van der Waals surface area contributed by atoms with Crippen LogP contribution in [0.25, 0.3) is 0 Å². The minimum absolute atomic E-state index is 0.272. The van der Waals surface area contributed by atoms with E-state index in [1.54, 1.807) is 31.2 Å². The monoisotopic (exact) mass is 207 g/mol. The van der Waals surface area contributed by atoms with Crippen molar-refractivity contribution >= 4 is 11.9 Å². The van der Waals surface area contributed by atoms with E-state index in [-0.39, 0.29) is 13.2 Å². The van der Waals surface area contributed by atoms with Crippen molar-refractivity contribution in [2.75, 3.05) is 13.2 Å². The Balaban J connectivity index is 2.40. The average molecular weight is 207 g/mol. The van der Waals surface area contributed by atoms with Crippen LogP contribution in [-0.4, -0.2) is 25.2 Å². The van der Waals surface area contributed by atoms with Gasteiger partial charge in [-0.1, -0.05) is 18.2 Å². The lowest BCUT2D eigenvalue weighted by Crippen LogP contribution is -2.16. The second kappa shape index (κ2) is 5.80. The lowest BCUT2D eigenvalue weighted by Gasteiger charge is -2.03. The number of rotatable bonds is 4. The number of ether oxygens (including phenoxy) is 2. The smallest absolute Gasteiger partial charge is 0.344 e. The first-order chi connectivity index (χ1) is 7.24. The lowest BCUT2D eigenvalue weighted by molar-refractivity contribution is -0.146. The van der Waals surface area contributed by atoms with Gasteiger partial charge in [0.05, 0.1) is 12.2 Å². The molecule has 0 spiro atoms. The third kappa shape index (κ3) is 3.81. The minimum atomic E-state index is -0.580. The van der Waals surface area contributed by atoms with E-state index in [0.717, 1.165) is 0 Å². The first-order valence-electron chi connectivity index (χ1n) is 4.53. The largest absolute Gasteiger partial charge is 0.463 e. The van der Waals surface area contributed by atoms with Crippen LogP contribution in [0.3, 0.4) is 0 Å². The van der Waals surface area contributed by atoms with Gasteiger partial charge in [0.15, 0.2) is 6.61 Å². The quantitative estimate of drug-likeness (QED) is 0.696. The van der Waals surface area contributed by atoms with Crippen molar-refractivity contribution in [3.05, 3.63) is 35.9 Å². The summed E-state index contributed by atoms with van der Waals surface area (Å²) in [6, 6.07) is 9.29. The summed E-state index contributed by atoms with van der Waals surface area (Å²) in [4.78, 5) is 22.2. The normalized spacial score (nSPS) is 9.40. The van der Waals surface area contributed by atoms with E-state index in [9.17, 15) is 9.59 Å². The van der Waals surface area contributed by atoms with Crippen molar-refractivity contribution in [1.29, 1.82) is 0 Å². The summed E-state index contributed by atoms with van der Waals surface area (Å²) < 4.78 is 9.30. The zero-order valence-corrected chi connectivity index (χ0v) is 8.36. The van der Waals surface area contributed by atoms with Crippen LogP contribution in [0.15, 0.2) is 24.3 Å². The Hall–Kier alpha value is -1.84. The molecule has 0 saturated heterocycles. The molecule has 0 fully saturated rings. The van der Waals surface area contributed by atoms with Gasteiger partial charge in [0.2, 0.25) is 0 Å². The van der Waals surface area contributed by atoms with E-state index in [1.165, 1.54) is 0 Å². The molecule has 15 heavy (non-hydrogen) atoms. The van der Waals surface area contributed by atoms with Crippen molar-refractivity contribution in [1.82, 2.24) is 0 Å². The maximum atomic E-state index is 11.3. The van der Waals surface area contributed by atoms with Gasteiger partial charge in [-0.15, -0.1) is 0 Å². The molecule has 0 heterocycles. The molecule has 0 amide bonds. The van der Waals surface area contributed by atoms with E-state index < -0.39 is 11.9 Å². The molecule has 4 heteroatoms. The van der Waals surface area contributed by atoms with E-state index >= 15 is 0 Å². The van der Waals surface area contributed by atoms with Gasteiger partial charge in [-0.05, 0) is 19.1 Å². The number of esters is 2. The van der Waals surface area contributed by atoms with Crippen LogP contribution >= 0.6 is 0 Å². The average Bonchev–Trinajstić information content (AvgIpc) is 2.27. The van der Waals surface area contributed by atoms with E-state index in [4.69, 9.17) is 4.74 Å². The van der Waals surface area contributed by atoms with Crippen molar-refractivity contribution in [3.8, 4) is 0 Å². The molecule has 1 radical (unpaired) electrons. The highest BCUT2D eigenvalue weighted by atomic mass is 16.6. The topological polar surface area (TPSA) is 52.6 Å².